The molecule has 0 aromatic carbocycles. The molecule has 3 fully saturated rings. The zero-order valence-electron chi connectivity index (χ0n) is 49.9. The number of rotatable bonds is 45. The van der Waals surface area contributed by atoms with Gasteiger partial charge in [0.25, 0.3) is 0 Å². The Hall–Kier alpha value is -2.56. The Morgan fingerprint density at radius 2 is 1.16 bits per heavy atom. The third-order valence-corrected chi connectivity index (χ3v) is 16.6. The van der Waals surface area contributed by atoms with Crippen molar-refractivity contribution in [3.63, 3.8) is 0 Å². The molecule has 0 spiro atoms. The van der Waals surface area contributed by atoms with Gasteiger partial charge in [-0.25, -0.2) is 9.18 Å². The number of aliphatic carboxylic acids is 1. The molecule has 0 aromatic rings. The second-order valence-corrected chi connectivity index (χ2v) is 23.5. The molecule has 0 aromatic heterocycles. The monoisotopic (exact) mass is 1200 g/mol. The predicted molar refractivity (Wildman–Crippen MR) is 305 cm³/mol. The largest absolute Gasteiger partial charge is 0.479 e. The number of amides is 2. The molecule has 83 heavy (non-hydrogen) atoms. The van der Waals surface area contributed by atoms with Gasteiger partial charge < -0.3 is 95.6 Å². The van der Waals surface area contributed by atoms with Gasteiger partial charge in [-0.15, -0.1) is 0 Å². The van der Waals surface area contributed by atoms with Crippen LogP contribution in [0.15, 0.2) is 12.2 Å². The Kier molecular flexibility index (Phi) is 37.4. The van der Waals surface area contributed by atoms with Crippen molar-refractivity contribution >= 4 is 17.8 Å². The normalized spacial score (nSPS) is 30.4. The molecular weight excluding hydrogens is 1090 g/mol. The number of aliphatic hydroxyl groups excluding tert-OH is 11. The van der Waals surface area contributed by atoms with Crippen molar-refractivity contribution in [2.45, 2.75) is 317 Å². The van der Waals surface area contributed by atoms with Crippen molar-refractivity contribution in [2.24, 2.45) is 5.92 Å². The van der Waals surface area contributed by atoms with E-state index >= 15 is 4.39 Å². The number of carbonyl (C=O) groups is 3. The Morgan fingerprint density at radius 1 is 0.663 bits per heavy atom. The predicted octanol–water partition coefficient (Wildman–Crippen LogP) is 3.78. The average Bonchev–Trinajstić information content (AvgIpc) is 1.75. The molecule has 0 unspecified atom stereocenters. The van der Waals surface area contributed by atoms with E-state index in [-0.39, 0.29) is 12.3 Å². The molecule has 19 atom stereocenters. The van der Waals surface area contributed by atoms with Crippen LogP contribution in [0.5, 0.6) is 0 Å². The summed E-state index contributed by atoms with van der Waals surface area (Å²) in [6.45, 7) is 1.83. The second-order valence-electron chi connectivity index (χ2n) is 23.5. The van der Waals surface area contributed by atoms with Gasteiger partial charge in [0, 0.05) is 19.8 Å². The number of ether oxygens (including phenoxy) is 5. The zero-order valence-corrected chi connectivity index (χ0v) is 49.9. The SMILES string of the molecule is CCCCCCCCCCCCC/C=C/[C@@H](O)[C@H](CO[C@@H]1O[C@H](CO)[C@@H](O[C@@H]2O[C@H](CO)[C@H](O)[C@H]([C@H](F)[C@]3(C(=O)O)C[C@H](O)[C@@H](NC(C)=O)[C@H]([C@H](O)[C@H](O)CO)O3)[C@H]2O)[C@H](O)[C@H]1O)NC(=O)CCCCCCCCCCCCCCCCC. The number of unbranched alkanes of at least 4 members (excludes halogenated alkanes) is 25. The highest BCUT2D eigenvalue weighted by Crippen LogP contribution is 2.44. The third kappa shape index (κ3) is 24.9. The van der Waals surface area contributed by atoms with Crippen LogP contribution in [0.25, 0.3) is 0 Å². The first-order chi connectivity index (χ1) is 39.8. The van der Waals surface area contributed by atoms with Gasteiger partial charge in [-0.1, -0.05) is 180 Å². The molecule has 23 heteroatoms. The summed E-state index contributed by atoms with van der Waals surface area (Å²) in [6.07, 6.45) is 2.87. The lowest BCUT2D eigenvalue weighted by Crippen LogP contribution is -2.72. The first-order valence-electron chi connectivity index (χ1n) is 31.5. The Labute approximate surface area is 491 Å². The summed E-state index contributed by atoms with van der Waals surface area (Å²) in [6, 6.07) is -2.73. The number of nitrogens with one attached hydrogen (secondary N) is 2. The zero-order chi connectivity index (χ0) is 61.3. The molecule has 486 valence electrons. The molecule has 22 nitrogen and oxygen atoms in total. The fourth-order valence-corrected chi connectivity index (χ4v) is 11.5. The Morgan fingerprint density at radius 3 is 1.64 bits per heavy atom. The van der Waals surface area contributed by atoms with Crippen LogP contribution in [0.1, 0.15) is 207 Å². The molecule has 3 rings (SSSR count). The van der Waals surface area contributed by atoms with Crippen molar-refractivity contribution in [1.29, 1.82) is 0 Å². The van der Waals surface area contributed by atoms with E-state index in [0.29, 0.717) is 12.8 Å². The van der Waals surface area contributed by atoms with Gasteiger partial charge in [-0.05, 0) is 19.3 Å². The quantitative estimate of drug-likeness (QED) is 0.0305. The van der Waals surface area contributed by atoms with Crippen LogP contribution in [-0.2, 0) is 38.1 Å². The maximum Gasteiger partial charge on any atom is 0.339 e. The number of carboxylic acids is 1. The van der Waals surface area contributed by atoms with Crippen LogP contribution in [0, 0.1) is 5.92 Å². The van der Waals surface area contributed by atoms with E-state index in [9.17, 15) is 75.7 Å². The number of aliphatic hydroxyl groups is 11. The number of hydrogen-bond donors (Lipinski definition) is 14. The topological polar surface area (TPSA) is 364 Å². The molecule has 0 saturated carbocycles. The lowest BCUT2D eigenvalue weighted by Gasteiger charge is -2.52. The summed E-state index contributed by atoms with van der Waals surface area (Å²) in [7, 11) is 0. The van der Waals surface area contributed by atoms with E-state index in [1.165, 1.54) is 116 Å². The van der Waals surface area contributed by atoms with Crippen LogP contribution >= 0.6 is 0 Å². The van der Waals surface area contributed by atoms with Gasteiger partial charge in [0.1, 0.15) is 61.1 Å². The van der Waals surface area contributed by atoms with Crippen LogP contribution in [-0.4, -0.2) is 215 Å². The number of carbonyl (C=O) groups excluding carboxylic acids is 2. The number of carboxylic acid groups (broad SMARTS) is 1. The average molecular weight is 1200 g/mol. The Bertz CT molecular complexity index is 1780. The Balaban J connectivity index is 1.69. The molecule has 0 aliphatic carbocycles. The van der Waals surface area contributed by atoms with E-state index in [4.69, 9.17) is 23.7 Å². The third-order valence-electron chi connectivity index (χ3n) is 16.6. The highest BCUT2D eigenvalue weighted by atomic mass is 19.1. The van der Waals surface area contributed by atoms with Gasteiger partial charge in [0.15, 0.2) is 18.2 Å². The molecular formula is C60H109FN2O20. The van der Waals surface area contributed by atoms with Gasteiger partial charge in [0.05, 0.1) is 62.7 Å². The molecule has 2 amide bonds. The van der Waals surface area contributed by atoms with E-state index < -0.39 is 160 Å². The minimum absolute atomic E-state index is 0.188. The van der Waals surface area contributed by atoms with E-state index in [1.54, 1.807) is 6.08 Å². The minimum atomic E-state index is -3.29. The van der Waals surface area contributed by atoms with E-state index in [2.05, 4.69) is 24.5 Å². The lowest BCUT2D eigenvalue weighted by molar-refractivity contribution is -0.362. The first-order valence-corrected chi connectivity index (χ1v) is 31.5. The molecule has 3 aliphatic heterocycles. The fraction of sp³-hybridized carbons (Fsp3) is 0.917. The summed E-state index contributed by atoms with van der Waals surface area (Å²) >= 11 is 0. The summed E-state index contributed by atoms with van der Waals surface area (Å²) in [5.74, 6) is -5.64. The number of halogens is 1. The number of hydrogen-bond acceptors (Lipinski definition) is 19. The highest BCUT2D eigenvalue weighted by molar-refractivity contribution is 5.79. The molecule has 14 N–H and O–H groups in total. The minimum Gasteiger partial charge on any atom is -0.479 e. The van der Waals surface area contributed by atoms with Crippen molar-refractivity contribution in [3.8, 4) is 0 Å². The summed E-state index contributed by atoms with van der Waals surface area (Å²) in [5, 5.41) is 136. The van der Waals surface area contributed by atoms with Gasteiger partial charge in [0.2, 0.25) is 11.8 Å². The second kappa shape index (κ2) is 41.6. The van der Waals surface area contributed by atoms with Gasteiger partial charge in [-0.2, -0.15) is 0 Å². The number of alkyl halides is 1. The molecule has 3 aliphatic rings. The van der Waals surface area contributed by atoms with Crippen LogP contribution < -0.4 is 10.6 Å². The summed E-state index contributed by atoms with van der Waals surface area (Å²) in [4.78, 5) is 38.5. The first kappa shape index (κ1) is 74.7. The summed E-state index contributed by atoms with van der Waals surface area (Å²) < 4.78 is 46.1. The van der Waals surface area contributed by atoms with Crippen molar-refractivity contribution in [1.82, 2.24) is 10.6 Å². The summed E-state index contributed by atoms with van der Waals surface area (Å²) in [5.41, 5.74) is -3.29. The van der Waals surface area contributed by atoms with E-state index in [1.807, 2.05) is 6.08 Å². The number of allylic oxidation sites excluding steroid dienone is 1. The van der Waals surface area contributed by atoms with Crippen molar-refractivity contribution in [3.05, 3.63) is 12.2 Å². The van der Waals surface area contributed by atoms with Crippen LogP contribution in [0.2, 0.25) is 0 Å². The highest BCUT2D eigenvalue weighted by Gasteiger charge is 2.64. The fourth-order valence-electron chi connectivity index (χ4n) is 11.5. The van der Waals surface area contributed by atoms with Crippen molar-refractivity contribution in [2.75, 3.05) is 26.4 Å². The van der Waals surface area contributed by atoms with Crippen molar-refractivity contribution < 1.29 is 104 Å². The van der Waals surface area contributed by atoms with Gasteiger partial charge >= 0.3 is 5.97 Å². The molecule has 3 heterocycles. The lowest BCUT2D eigenvalue weighted by atomic mass is 9.73. The molecule has 3 saturated heterocycles. The van der Waals surface area contributed by atoms with Crippen LogP contribution in [0.4, 0.5) is 4.39 Å². The molecule has 0 radical (unpaired) electrons. The van der Waals surface area contributed by atoms with E-state index in [0.717, 1.165) is 51.9 Å². The van der Waals surface area contributed by atoms with Crippen LogP contribution in [0.3, 0.4) is 0 Å². The molecule has 0 bridgehead atoms. The maximum absolute atomic E-state index is 17.3. The maximum atomic E-state index is 17.3. The smallest absolute Gasteiger partial charge is 0.339 e. The standard InChI is InChI=1S/C60H109FN2O20/c1-4-6-8-10-12-14-16-18-19-21-23-25-27-29-31-33-46(71)63-40(41(68)32-30-28-26-24-22-20-17-15-13-11-9-7-5-2)38-79-57-53(76)52(75)54(45(37-66)81-57)82-58-51(74)47(50(73)44(36-65)80-58)56(61)60(59(77)78)34-42(69)48(62-39(3)67)55(83-60)49(72)43(70)35-64/h30,32,40-45,47-58,64-66,68-70,72-76H,4-29,31,33-38H2,1-3H3,(H,62,67)(H,63,71)(H,77,78)/b32-30+/t40-,41+,42-,43+,44+,45+,47-,48+,49+,50-,51+,52+,53+,54+,55+,56-,57+,58-,60-/m0/s1. The van der Waals surface area contributed by atoms with Gasteiger partial charge in [-0.3, -0.25) is 9.59 Å².